The van der Waals surface area contributed by atoms with Gasteiger partial charge in [-0.1, -0.05) is 0 Å². The first-order valence-corrected chi connectivity index (χ1v) is 11.8. The van der Waals surface area contributed by atoms with Crippen molar-refractivity contribution in [2.24, 2.45) is 0 Å². The molecule has 3 rings (SSSR count). The van der Waals surface area contributed by atoms with Crippen molar-refractivity contribution in [1.29, 1.82) is 0 Å². The lowest BCUT2D eigenvalue weighted by Crippen LogP contribution is -2.16. The Kier molecular flexibility index (Phi) is 7.72. The molecule has 1 aliphatic heterocycles. The standard InChI is InChI=1S/C23H29O8P/c1-7-29-32(24,30-8-2)23-18-14-20(26-4)22(28-6)21(27-5)17(18)13-19(31-23)15-9-11-16(25-3)12-10-15/h9-14,23H,7-8H2,1-6H3. The van der Waals surface area contributed by atoms with Gasteiger partial charge in [-0.05, 0) is 50.3 Å². The van der Waals surface area contributed by atoms with Crippen LogP contribution in [0.2, 0.25) is 0 Å². The third-order valence-corrected chi connectivity index (χ3v) is 7.15. The SMILES string of the molecule is CCOP(=O)(OCC)C1OC(c2ccc(OC)cc2)=Cc2c1cc(OC)c(OC)c2OC. The van der Waals surface area contributed by atoms with Gasteiger partial charge >= 0.3 is 7.60 Å². The molecule has 0 amide bonds. The first kappa shape index (κ1) is 24.0. The molecule has 0 bridgehead atoms. The molecule has 0 N–H and O–H groups in total. The molecule has 1 aliphatic rings. The maximum atomic E-state index is 13.8. The minimum Gasteiger partial charge on any atom is -0.497 e. The summed E-state index contributed by atoms with van der Waals surface area (Å²) in [6, 6.07) is 9.06. The molecule has 0 radical (unpaired) electrons. The molecular weight excluding hydrogens is 435 g/mol. The normalized spacial score (nSPS) is 15.3. The summed E-state index contributed by atoms with van der Waals surface area (Å²) in [6.45, 7) is 3.90. The van der Waals surface area contributed by atoms with Crippen LogP contribution in [0, 0.1) is 0 Å². The Balaban J connectivity index is 2.27. The number of hydrogen-bond acceptors (Lipinski definition) is 8. The molecule has 0 fully saturated rings. The maximum Gasteiger partial charge on any atom is 0.375 e. The average Bonchev–Trinajstić information content (AvgIpc) is 2.82. The van der Waals surface area contributed by atoms with E-state index >= 15 is 0 Å². The molecule has 32 heavy (non-hydrogen) atoms. The van der Waals surface area contributed by atoms with E-state index < -0.39 is 13.4 Å². The third kappa shape index (κ3) is 4.44. The second kappa shape index (κ2) is 10.3. The first-order chi connectivity index (χ1) is 15.5. The predicted octanol–water partition coefficient (Wildman–Crippen LogP) is 5.51. The van der Waals surface area contributed by atoms with Crippen LogP contribution in [-0.4, -0.2) is 41.7 Å². The van der Waals surface area contributed by atoms with Crippen LogP contribution in [0.25, 0.3) is 11.8 Å². The maximum absolute atomic E-state index is 13.8. The Hall–Kier alpha value is -2.67. The van der Waals surface area contributed by atoms with E-state index in [4.69, 9.17) is 32.7 Å². The highest BCUT2D eigenvalue weighted by atomic mass is 31.2. The van der Waals surface area contributed by atoms with Gasteiger partial charge in [-0.15, -0.1) is 0 Å². The smallest absolute Gasteiger partial charge is 0.375 e. The molecule has 1 unspecified atom stereocenters. The summed E-state index contributed by atoms with van der Waals surface area (Å²) in [4.78, 5) is 0. The summed E-state index contributed by atoms with van der Waals surface area (Å²) < 4.78 is 53.4. The van der Waals surface area contributed by atoms with Gasteiger partial charge in [0.25, 0.3) is 0 Å². The minimum atomic E-state index is -3.72. The predicted molar refractivity (Wildman–Crippen MR) is 122 cm³/mol. The van der Waals surface area contributed by atoms with E-state index in [2.05, 4.69) is 0 Å². The monoisotopic (exact) mass is 464 g/mol. The van der Waals surface area contributed by atoms with Gasteiger partial charge in [-0.2, -0.15) is 0 Å². The van der Waals surface area contributed by atoms with Crippen molar-refractivity contribution in [2.75, 3.05) is 41.7 Å². The fourth-order valence-electron chi connectivity index (χ4n) is 3.57. The van der Waals surface area contributed by atoms with Crippen molar-refractivity contribution in [3.8, 4) is 23.0 Å². The summed E-state index contributed by atoms with van der Waals surface area (Å²) in [7, 11) is 2.46. The Labute approximate surface area is 188 Å². The van der Waals surface area contributed by atoms with Crippen molar-refractivity contribution in [1.82, 2.24) is 0 Å². The largest absolute Gasteiger partial charge is 0.497 e. The van der Waals surface area contributed by atoms with Gasteiger partial charge in [-0.3, -0.25) is 4.57 Å². The van der Waals surface area contributed by atoms with Crippen LogP contribution in [0.1, 0.15) is 36.4 Å². The van der Waals surface area contributed by atoms with Gasteiger partial charge < -0.3 is 32.7 Å². The van der Waals surface area contributed by atoms with E-state index in [1.807, 2.05) is 30.3 Å². The molecule has 2 aromatic carbocycles. The lowest BCUT2D eigenvalue weighted by molar-refractivity contribution is 0.145. The molecule has 9 heteroatoms. The zero-order valence-electron chi connectivity index (χ0n) is 19.2. The van der Waals surface area contributed by atoms with Crippen LogP contribution in [-0.2, 0) is 18.3 Å². The number of hydrogen-bond donors (Lipinski definition) is 0. The van der Waals surface area contributed by atoms with E-state index in [1.54, 1.807) is 27.0 Å². The zero-order chi connectivity index (χ0) is 23.3. The lowest BCUT2D eigenvalue weighted by atomic mass is 10.00. The van der Waals surface area contributed by atoms with Gasteiger partial charge in [0.2, 0.25) is 11.6 Å². The van der Waals surface area contributed by atoms with Crippen molar-refractivity contribution >= 4 is 19.4 Å². The van der Waals surface area contributed by atoms with Crippen molar-refractivity contribution in [3.63, 3.8) is 0 Å². The van der Waals surface area contributed by atoms with Gasteiger partial charge in [0, 0.05) is 16.7 Å². The van der Waals surface area contributed by atoms with E-state index in [1.165, 1.54) is 21.3 Å². The quantitative estimate of drug-likeness (QED) is 0.426. The summed E-state index contributed by atoms with van der Waals surface area (Å²) >= 11 is 0. The molecule has 0 saturated heterocycles. The third-order valence-electron chi connectivity index (χ3n) is 4.96. The molecule has 0 spiro atoms. The Morgan fingerprint density at radius 2 is 1.50 bits per heavy atom. The van der Waals surface area contributed by atoms with Gasteiger partial charge in [-0.25, -0.2) is 0 Å². The zero-order valence-corrected chi connectivity index (χ0v) is 20.1. The van der Waals surface area contributed by atoms with Crippen LogP contribution in [0.5, 0.6) is 23.0 Å². The second-order valence-electron chi connectivity index (χ2n) is 6.73. The summed E-state index contributed by atoms with van der Waals surface area (Å²) in [5.74, 6) is 1.42. The molecule has 174 valence electrons. The van der Waals surface area contributed by atoms with Gasteiger partial charge in [0.05, 0.1) is 41.7 Å². The summed E-state index contributed by atoms with van der Waals surface area (Å²) in [5.41, 5.74) is 1.96. The van der Waals surface area contributed by atoms with Crippen molar-refractivity contribution < 1.29 is 37.3 Å². The molecule has 8 nitrogen and oxygen atoms in total. The second-order valence-corrected chi connectivity index (χ2v) is 8.80. The Bertz CT molecular complexity index is 1010. The Morgan fingerprint density at radius 1 is 0.875 bits per heavy atom. The molecule has 2 aromatic rings. The van der Waals surface area contributed by atoms with E-state index in [9.17, 15) is 4.57 Å². The highest BCUT2D eigenvalue weighted by Gasteiger charge is 2.44. The molecule has 1 atom stereocenters. The highest BCUT2D eigenvalue weighted by Crippen LogP contribution is 2.66. The molecule has 1 heterocycles. The number of rotatable bonds is 10. The van der Waals surface area contributed by atoms with Crippen LogP contribution < -0.4 is 18.9 Å². The Morgan fingerprint density at radius 3 is 2.00 bits per heavy atom. The first-order valence-electron chi connectivity index (χ1n) is 10.2. The fourth-order valence-corrected chi connectivity index (χ4v) is 5.44. The van der Waals surface area contributed by atoms with Gasteiger partial charge in [0.15, 0.2) is 11.5 Å². The number of fused-ring (bicyclic) bond motifs is 1. The van der Waals surface area contributed by atoms with Gasteiger partial charge in [0.1, 0.15) is 11.5 Å². The van der Waals surface area contributed by atoms with Crippen LogP contribution in [0.15, 0.2) is 30.3 Å². The highest BCUT2D eigenvalue weighted by molar-refractivity contribution is 7.54. The molecular formula is C23H29O8P. The molecule has 0 saturated carbocycles. The lowest BCUT2D eigenvalue weighted by Gasteiger charge is -2.33. The van der Waals surface area contributed by atoms with E-state index in [0.29, 0.717) is 39.9 Å². The summed E-state index contributed by atoms with van der Waals surface area (Å²) in [6.07, 6.45) is 1.82. The summed E-state index contributed by atoms with van der Waals surface area (Å²) in [5, 5.41) is 0. The number of benzene rings is 2. The van der Waals surface area contributed by atoms with Crippen molar-refractivity contribution in [2.45, 2.75) is 19.7 Å². The molecule has 0 aliphatic carbocycles. The number of ether oxygens (including phenoxy) is 5. The van der Waals surface area contributed by atoms with Crippen LogP contribution >= 0.6 is 7.60 Å². The van der Waals surface area contributed by atoms with Crippen molar-refractivity contribution in [3.05, 3.63) is 47.0 Å². The van der Waals surface area contributed by atoms with Crippen LogP contribution in [0.3, 0.4) is 0 Å². The van der Waals surface area contributed by atoms with E-state index in [0.717, 1.165) is 5.56 Å². The molecule has 0 aromatic heterocycles. The minimum absolute atomic E-state index is 0.193. The topological polar surface area (TPSA) is 81.7 Å². The fraction of sp³-hybridized carbons (Fsp3) is 0.391. The number of methoxy groups -OCH3 is 4. The van der Waals surface area contributed by atoms with Crippen LogP contribution in [0.4, 0.5) is 0 Å². The average molecular weight is 464 g/mol. The van der Waals surface area contributed by atoms with E-state index in [-0.39, 0.29) is 13.2 Å².